The molecule has 1 heterocycles. The molecule has 1 unspecified atom stereocenters. The Labute approximate surface area is 78.0 Å². The Bertz CT molecular complexity index is 241. The Balaban J connectivity index is 2.74. The highest BCUT2D eigenvalue weighted by atomic mass is 16.6. The van der Waals surface area contributed by atoms with Gasteiger partial charge in [-0.15, -0.1) is 0 Å². The lowest BCUT2D eigenvalue weighted by molar-refractivity contribution is -0.0339. The zero-order valence-corrected chi connectivity index (χ0v) is 7.69. The van der Waals surface area contributed by atoms with Crippen molar-refractivity contribution in [2.24, 2.45) is 0 Å². The predicted octanol–water partition coefficient (Wildman–Crippen LogP) is 1.37. The maximum absolute atomic E-state index is 8.86. The van der Waals surface area contributed by atoms with Gasteiger partial charge < -0.3 is 14.6 Å². The van der Waals surface area contributed by atoms with Crippen molar-refractivity contribution in [2.45, 2.75) is 13.0 Å². The van der Waals surface area contributed by atoms with Gasteiger partial charge in [-0.3, -0.25) is 0 Å². The Morgan fingerprint density at radius 2 is 2.38 bits per heavy atom. The highest BCUT2D eigenvalue weighted by molar-refractivity contribution is 5.24. The minimum absolute atomic E-state index is 0.0362. The van der Waals surface area contributed by atoms with Crippen molar-refractivity contribution in [3.8, 4) is 0 Å². The van der Waals surface area contributed by atoms with Gasteiger partial charge in [-0.2, -0.15) is 0 Å². The Kier molecular flexibility index (Phi) is 3.58. The molecule has 1 aliphatic heterocycles. The van der Waals surface area contributed by atoms with E-state index in [0.717, 1.165) is 0 Å². The Morgan fingerprint density at radius 3 is 2.92 bits per heavy atom. The first-order valence-corrected chi connectivity index (χ1v) is 4.21. The van der Waals surface area contributed by atoms with Gasteiger partial charge >= 0.3 is 0 Å². The molecule has 1 aliphatic rings. The van der Waals surface area contributed by atoms with E-state index in [-0.39, 0.29) is 12.7 Å². The third kappa shape index (κ3) is 2.36. The summed E-state index contributed by atoms with van der Waals surface area (Å²) in [7, 11) is 0. The van der Waals surface area contributed by atoms with E-state index in [1.807, 2.05) is 13.0 Å². The van der Waals surface area contributed by atoms with Crippen LogP contribution in [-0.4, -0.2) is 24.4 Å². The molecule has 0 amide bonds. The molecule has 0 aromatic heterocycles. The van der Waals surface area contributed by atoms with E-state index >= 15 is 0 Å². The summed E-state index contributed by atoms with van der Waals surface area (Å²) in [6, 6.07) is 0. The number of aliphatic hydroxyl groups is 1. The minimum atomic E-state index is -0.269. The van der Waals surface area contributed by atoms with E-state index in [4.69, 9.17) is 14.6 Å². The molecule has 72 valence electrons. The largest absolute Gasteiger partial charge is 0.486 e. The lowest BCUT2D eigenvalue weighted by atomic mass is 10.3. The smallest absolute Gasteiger partial charge is 0.161 e. The fourth-order valence-electron chi connectivity index (χ4n) is 1.07. The van der Waals surface area contributed by atoms with Crippen LogP contribution in [-0.2, 0) is 9.47 Å². The SMILES string of the molecule is C=C/C=C1/OC(CO)CO/C1=C/C. The molecular formula is C10H14O3. The molecule has 1 N–H and O–H groups in total. The van der Waals surface area contributed by atoms with Crippen LogP contribution in [0, 0.1) is 0 Å². The second-order valence-electron chi connectivity index (χ2n) is 2.65. The monoisotopic (exact) mass is 182 g/mol. The maximum Gasteiger partial charge on any atom is 0.161 e. The molecule has 0 aliphatic carbocycles. The summed E-state index contributed by atoms with van der Waals surface area (Å²) >= 11 is 0. The molecule has 0 saturated carbocycles. The van der Waals surface area contributed by atoms with Gasteiger partial charge in [0.05, 0.1) is 6.61 Å². The second kappa shape index (κ2) is 4.72. The summed E-state index contributed by atoms with van der Waals surface area (Å²) in [6.07, 6.45) is 4.90. The van der Waals surface area contributed by atoms with Gasteiger partial charge in [0.15, 0.2) is 17.6 Å². The van der Waals surface area contributed by atoms with E-state index in [0.29, 0.717) is 18.1 Å². The van der Waals surface area contributed by atoms with Crippen LogP contribution in [0.15, 0.2) is 36.3 Å². The standard InChI is InChI=1S/C10H14O3/c1-3-5-10-9(4-2)12-7-8(6-11)13-10/h3-5,8,11H,1,6-7H2,2H3/b9-4+,10-5+. The molecule has 13 heavy (non-hydrogen) atoms. The number of hydrogen-bond acceptors (Lipinski definition) is 3. The molecule has 0 spiro atoms. The number of rotatable bonds is 2. The summed E-state index contributed by atoms with van der Waals surface area (Å²) in [5.41, 5.74) is 0. The van der Waals surface area contributed by atoms with Crippen molar-refractivity contribution < 1.29 is 14.6 Å². The van der Waals surface area contributed by atoms with E-state index in [9.17, 15) is 0 Å². The molecule has 0 radical (unpaired) electrons. The fourth-order valence-corrected chi connectivity index (χ4v) is 1.07. The topological polar surface area (TPSA) is 38.7 Å². The summed E-state index contributed by atoms with van der Waals surface area (Å²) in [5, 5.41) is 8.86. The van der Waals surface area contributed by atoms with Gasteiger partial charge in [0, 0.05) is 0 Å². The van der Waals surface area contributed by atoms with Gasteiger partial charge in [0.1, 0.15) is 6.61 Å². The minimum Gasteiger partial charge on any atom is -0.486 e. The molecule has 3 heteroatoms. The molecule has 3 nitrogen and oxygen atoms in total. The zero-order valence-electron chi connectivity index (χ0n) is 7.69. The van der Waals surface area contributed by atoms with Gasteiger partial charge in [0.25, 0.3) is 0 Å². The normalized spacial score (nSPS) is 28.3. The van der Waals surface area contributed by atoms with E-state index < -0.39 is 0 Å². The highest BCUT2D eigenvalue weighted by Gasteiger charge is 2.21. The van der Waals surface area contributed by atoms with Crippen molar-refractivity contribution in [2.75, 3.05) is 13.2 Å². The average Bonchev–Trinajstić information content (AvgIpc) is 2.18. The van der Waals surface area contributed by atoms with Crippen molar-refractivity contribution in [3.05, 3.63) is 36.3 Å². The van der Waals surface area contributed by atoms with Crippen LogP contribution >= 0.6 is 0 Å². The van der Waals surface area contributed by atoms with E-state index in [1.54, 1.807) is 12.2 Å². The molecule has 1 atom stereocenters. The number of aliphatic hydroxyl groups excluding tert-OH is 1. The second-order valence-corrected chi connectivity index (χ2v) is 2.65. The maximum atomic E-state index is 8.86. The van der Waals surface area contributed by atoms with Crippen LogP contribution in [0.5, 0.6) is 0 Å². The molecular weight excluding hydrogens is 168 g/mol. The number of hydrogen-bond donors (Lipinski definition) is 1. The molecule has 0 aromatic rings. The predicted molar refractivity (Wildman–Crippen MR) is 49.9 cm³/mol. The summed E-state index contributed by atoms with van der Waals surface area (Å²) in [6.45, 7) is 5.80. The summed E-state index contributed by atoms with van der Waals surface area (Å²) in [4.78, 5) is 0. The van der Waals surface area contributed by atoms with Crippen molar-refractivity contribution in [3.63, 3.8) is 0 Å². The molecule has 1 fully saturated rings. The van der Waals surface area contributed by atoms with Crippen LogP contribution < -0.4 is 0 Å². The van der Waals surface area contributed by atoms with E-state index in [1.165, 1.54) is 0 Å². The lowest BCUT2D eigenvalue weighted by Crippen LogP contribution is -2.29. The number of allylic oxidation sites excluding steroid dienone is 3. The summed E-state index contributed by atoms with van der Waals surface area (Å²) in [5.74, 6) is 1.33. The van der Waals surface area contributed by atoms with Crippen molar-refractivity contribution >= 4 is 0 Å². The first-order valence-electron chi connectivity index (χ1n) is 4.21. The molecule has 1 saturated heterocycles. The fraction of sp³-hybridized carbons (Fsp3) is 0.400. The van der Waals surface area contributed by atoms with Gasteiger partial charge in [-0.25, -0.2) is 0 Å². The Morgan fingerprint density at radius 1 is 1.62 bits per heavy atom. The average molecular weight is 182 g/mol. The van der Waals surface area contributed by atoms with Crippen molar-refractivity contribution in [1.82, 2.24) is 0 Å². The van der Waals surface area contributed by atoms with Crippen LogP contribution in [0.25, 0.3) is 0 Å². The van der Waals surface area contributed by atoms with Gasteiger partial charge in [-0.05, 0) is 19.1 Å². The molecule has 0 aromatic carbocycles. The van der Waals surface area contributed by atoms with Gasteiger partial charge in [0.2, 0.25) is 0 Å². The van der Waals surface area contributed by atoms with Gasteiger partial charge in [-0.1, -0.05) is 12.7 Å². The third-order valence-electron chi connectivity index (χ3n) is 1.70. The van der Waals surface area contributed by atoms with E-state index in [2.05, 4.69) is 6.58 Å². The lowest BCUT2D eigenvalue weighted by Gasteiger charge is -2.26. The Hall–Kier alpha value is -1.22. The highest BCUT2D eigenvalue weighted by Crippen LogP contribution is 2.21. The third-order valence-corrected chi connectivity index (χ3v) is 1.70. The van der Waals surface area contributed by atoms with Crippen LogP contribution in [0.2, 0.25) is 0 Å². The van der Waals surface area contributed by atoms with Crippen LogP contribution in [0.1, 0.15) is 6.92 Å². The van der Waals surface area contributed by atoms with Crippen LogP contribution in [0.3, 0.4) is 0 Å². The summed E-state index contributed by atoms with van der Waals surface area (Å²) < 4.78 is 10.8. The quantitative estimate of drug-likeness (QED) is 0.701. The zero-order chi connectivity index (χ0) is 9.68. The molecule has 0 bridgehead atoms. The number of ether oxygens (including phenoxy) is 2. The van der Waals surface area contributed by atoms with Crippen LogP contribution in [0.4, 0.5) is 0 Å². The molecule has 1 rings (SSSR count). The first kappa shape index (κ1) is 9.86. The first-order chi connectivity index (χ1) is 6.31. The van der Waals surface area contributed by atoms with Crippen molar-refractivity contribution in [1.29, 1.82) is 0 Å².